The molecule has 2 aliphatic heterocycles. The molecular weight excluding hydrogens is 588 g/mol. The predicted octanol–water partition coefficient (Wildman–Crippen LogP) is 7.23. The summed E-state index contributed by atoms with van der Waals surface area (Å²) in [6.07, 6.45) is 2.62. The number of likely N-dealkylation sites (tertiary alicyclic amines) is 2. The van der Waals surface area contributed by atoms with E-state index in [1.165, 1.54) is 0 Å². The normalized spacial score (nSPS) is 18.7. The lowest BCUT2D eigenvalue weighted by atomic mass is 10.2. The number of imidazole rings is 2. The maximum atomic E-state index is 13.0. The standard InChI is InChI=1S/C33H42N8O5/c1-32(2,3)45-30(43)40-15-7-9-25(40)27-36-21-13-11-19(17-23(21)38-27)34-29(42)35-20-12-14-22-24(18-20)39-28(37-22)26-10-8-16-41(26)31(44)46-33(4,5)6/h11-14,17-18,25-26H,7-10,15-16H2,1-6H3,(H,36,38)(H,37,39)(H2,34,35,42)/t25-,26-/m0/s1. The first-order valence-electron chi connectivity index (χ1n) is 15.8. The van der Waals surface area contributed by atoms with Crippen molar-refractivity contribution in [3.8, 4) is 0 Å². The van der Waals surface area contributed by atoms with E-state index in [1.807, 2.05) is 59.7 Å². The van der Waals surface area contributed by atoms with E-state index in [9.17, 15) is 14.4 Å². The summed E-state index contributed by atoms with van der Waals surface area (Å²) in [5.74, 6) is 1.39. The molecule has 2 aliphatic rings. The van der Waals surface area contributed by atoms with E-state index in [1.54, 1.807) is 28.0 Å². The van der Waals surface area contributed by atoms with Crippen molar-refractivity contribution in [2.24, 2.45) is 0 Å². The van der Waals surface area contributed by atoms with Gasteiger partial charge in [0.15, 0.2) is 0 Å². The van der Waals surface area contributed by atoms with Gasteiger partial charge in [0.1, 0.15) is 22.9 Å². The van der Waals surface area contributed by atoms with Gasteiger partial charge in [-0.1, -0.05) is 0 Å². The van der Waals surface area contributed by atoms with Crippen LogP contribution in [0.3, 0.4) is 0 Å². The first-order valence-corrected chi connectivity index (χ1v) is 15.8. The SMILES string of the molecule is CC(C)(C)OC(=O)N1CCC[C@H]1c1nc2cc(NC(=O)Nc3ccc4nc([C@@H]5CCCN5C(=O)OC(C)(C)C)[nH]c4c3)ccc2[nH]1. The summed E-state index contributed by atoms with van der Waals surface area (Å²) < 4.78 is 11.2. The lowest BCUT2D eigenvalue weighted by Gasteiger charge is -2.27. The number of carbonyl (C=O) groups is 3. The molecule has 46 heavy (non-hydrogen) atoms. The molecule has 2 aromatic heterocycles. The van der Waals surface area contributed by atoms with E-state index in [-0.39, 0.29) is 24.3 Å². The van der Waals surface area contributed by atoms with Crippen molar-refractivity contribution in [2.45, 2.75) is 90.5 Å². The molecule has 4 amide bonds. The zero-order valence-electron chi connectivity index (χ0n) is 27.2. The number of urea groups is 1. The minimum atomic E-state index is -0.577. The molecule has 13 heteroatoms. The molecule has 0 aliphatic carbocycles. The van der Waals surface area contributed by atoms with Crippen LogP contribution < -0.4 is 10.6 Å². The Morgan fingerprint density at radius 2 is 1.22 bits per heavy atom. The van der Waals surface area contributed by atoms with Crippen LogP contribution in [0.5, 0.6) is 0 Å². The number of H-pyrrole nitrogens is 2. The van der Waals surface area contributed by atoms with Crippen LogP contribution in [0.2, 0.25) is 0 Å². The van der Waals surface area contributed by atoms with Crippen LogP contribution in [0.4, 0.5) is 25.8 Å². The molecule has 13 nitrogen and oxygen atoms in total. The Balaban J connectivity index is 1.11. The molecule has 244 valence electrons. The number of fused-ring (bicyclic) bond motifs is 2. The average Bonchev–Trinajstić information content (AvgIpc) is 3.75. The second-order valence-corrected chi connectivity index (χ2v) is 14.0. The first kappa shape index (κ1) is 31.2. The van der Waals surface area contributed by atoms with Crippen molar-refractivity contribution in [3.05, 3.63) is 48.0 Å². The molecule has 0 unspecified atom stereocenters. The monoisotopic (exact) mass is 630 g/mol. The molecular formula is C33H42N8O5. The zero-order chi connectivity index (χ0) is 32.8. The van der Waals surface area contributed by atoms with Crippen molar-refractivity contribution in [1.82, 2.24) is 29.7 Å². The summed E-state index contributed by atoms with van der Waals surface area (Å²) in [6.45, 7) is 12.3. The fourth-order valence-corrected chi connectivity index (χ4v) is 6.00. The molecule has 4 N–H and O–H groups in total. The van der Waals surface area contributed by atoms with Crippen LogP contribution in [0, 0.1) is 0 Å². The number of rotatable bonds is 4. The maximum absolute atomic E-state index is 13.0. The smallest absolute Gasteiger partial charge is 0.410 e. The largest absolute Gasteiger partial charge is 0.444 e. The van der Waals surface area contributed by atoms with Gasteiger partial charge in [0.05, 0.1) is 34.2 Å². The maximum Gasteiger partial charge on any atom is 0.410 e. The molecule has 4 aromatic rings. The van der Waals surface area contributed by atoms with Gasteiger partial charge < -0.3 is 30.1 Å². The fourth-order valence-electron chi connectivity index (χ4n) is 6.00. The molecule has 0 bridgehead atoms. The van der Waals surface area contributed by atoms with Crippen LogP contribution >= 0.6 is 0 Å². The number of ether oxygens (including phenoxy) is 2. The lowest BCUT2D eigenvalue weighted by molar-refractivity contribution is 0.0208. The molecule has 0 radical (unpaired) electrons. The van der Waals surface area contributed by atoms with Gasteiger partial charge in [0.2, 0.25) is 0 Å². The number of aromatic amines is 2. The quantitative estimate of drug-likeness (QED) is 0.185. The number of amides is 4. The minimum Gasteiger partial charge on any atom is -0.444 e. The van der Waals surface area contributed by atoms with Crippen LogP contribution in [0.15, 0.2) is 36.4 Å². The topological polar surface area (TPSA) is 158 Å². The Labute approximate surface area is 267 Å². The molecule has 4 heterocycles. The second kappa shape index (κ2) is 11.8. The van der Waals surface area contributed by atoms with Crippen LogP contribution in [0.25, 0.3) is 22.1 Å². The van der Waals surface area contributed by atoms with Crippen molar-refractivity contribution in [2.75, 3.05) is 23.7 Å². The van der Waals surface area contributed by atoms with Gasteiger partial charge in [-0.15, -0.1) is 0 Å². The van der Waals surface area contributed by atoms with E-state index >= 15 is 0 Å². The van der Waals surface area contributed by atoms with Gasteiger partial charge in [-0.3, -0.25) is 9.80 Å². The number of hydrogen-bond acceptors (Lipinski definition) is 7. The Bertz CT molecular complexity index is 1650. The number of nitrogens with one attached hydrogen (secondary N) is 4. The van der Waals surface area contributed by atoms with Gasteiger partial charge in [-0.05, 0) is 104 Å². The molecule has 2 atom stereocenters. The van der Waals surface area contributed by atoms with Crippen LogP contribution in [-0.2, 0) is 9.47 Å². The predicted molar refractivity (Wildman–Crippen MR) is 175 cm³/mol. The summed E-state index contributed by atoms with van der Waals surface area (Å²) in [5.41, 5.74) is 2.99. The number of benzene rings is 2. The Morgan fingerprint density at radius 3 is 1.78 bits per heavy atom. The summed E-state index contributed by atoms with van der Waals surface area (Å²) in [6, 6.07) is 10.1. The third-order valence-electron chi connectivity index (χ3n) is 7.91. The van der Waals surface area contributed by atoms with E-state index in [0.29, 0.717) is 41.6 Å². The summed E-state index contributed by atoms with van der Waals surface area (Å²) in [5, 5.41) is 5.76. The van der Waals surface area contributed by atoms with Gasteiger partial charge >= 0.3 is 18.2 Å². The minimum absolute atomic E-state index is 0.200. The average molecular weight is 631 g/mol. The Morgan fingerprint density at radius 1 is 0.717 bits per heavy atom. The second-order valence-electron chi connectivity index (χ2n) is 14.0. The number of carbonyl (C=O) groups excluding carboxylic acids is 3. The van der Waals surface area contributed by atoms with Gasteiger partial charge in [0, 0.05) is 24.5 Å². The highest BCUT2D eigenvalue weighted by Crippen LogP contribution is 2.34. The Hall–Kier alpha value is -4.81. The Kier molecular flexibility index (Phi) is 8.03. The van der Waals surface area contributed by atoms with Crippen molar-refractivity contribution < 1.29 is 23.9 Å². The molecule has 0 spiro atoms. The summed E-state index contributed by atoms with van der Waals surface area (Å²) in [7, 11) is 0. The number of hydrogen-bond donors (Lipinski definition) is 4. The van der Waals surface area contributed by atoms with E-state index < -0.39 is 17.2 Å². The van der Waals surface area contributed by atoms with Crippen molar-refractivity contribution >= 4 is 51.7 Å². The molecule has 2 aromatic carbocycles. The van der Waals surface area contributed by atoms with Gasteiger partial charge in [-0.2, -0.15) is 0 Å². The van der Waals surface area contributed by atoms with E-state index in [4.69, 9.17) is 19.4 Å². The number of anilines is 2. The first-order chi connectivity index (χ1) is 21.7. The summed E-state index contributed by atoms with van der Waals surface area (Å²) >= 11 is 0. The van der Waals surface area contributed by atoms with Crippen LogP contribution in [-0.4, -0.2) is 72.2 Å². The number of nitrogens with zero attached hydrogens (tertiary/aromatic N) is 4. The highest BCUT2D eigenvalue weighted by atomic mass is 16.6. The third-order valence-corrected chi connectivity index (χ3v) is 7.91. The summed E-state index contributed by atoms with van der Waals surface area (Å²) in [4.78, 5) is 58.1. The fraction of sp³-hybridized carbons (Fsp3) is 0.485. The van der Waals surface area contributed by atoms with Crippen molar-refractivity contribution in [3.63, 3.8) is 0 Å². The molecule has 0 saturated carbocycles. The van der Waals surface area contributed by atoms with Gasteiger partial charge in [-0.25, -0.2) is 24.4 Å². The van der Waals surface area contributed by atoms with E-state index in [2.05, 4.69) is 20.6 Å². The molecule has 2 saturated heterocycles. The van der Waals surface area contributed by atoms with Crippen molar-refractivity contribution in [1.29, 1.82) is 0 Å². The molecule has 6 rings (SSSR count). The molecule has 2 fully saturated rings. The van der Waals surface area contributed by atoms with E-state index in [0.717, 1.165) is 42.2 Å². The highest BCUT2D eigenvalue weighted by molar-refractivity contribution is 6.01. The number of aromatic nitrogens is 4. The highest BCUT2D eigenvalue weighted by Gasteiger charge is 2.36. The van der Waals surface area contributed by atoms with Crippen LogP contribution in [0.1, 0.15) is 91.0 Å². The zero-order valence-corrected chi connectivity index (χ0v) is 27.2. The lowest BCUT2D eigenvalue weighted by Crippen LogP contribution is -2.36. The third kappa shape index (κ3) is 6.87. The van der Waals surface area contributed by atoms with Gasteiger partial charge in [0.25, 0.3) is 0 Å².